The molecular formula is C14H30N2. The second-order valence-electron chi connectivity index (χ2n) is 6.34. The monoisotopic (exact) mass is 226 g/mol. The lowest BCUT2D eigenvalue weighted by Gasteiger charge is -2.39. The van der Waals surface area contributed by atoms with E-state index in [-0.39, 0.29) is 0 Å². The molecule has 0 saturated heterocycles. The Morgan fingerprint density at radius 2 is 2.06 bits per heavy atom. The molecule has 2 atom stereocenters. The van der Waals surface area contributed by atoms with Gasteiger partial charge in [0.2, 0.25) is 0 Å². The average molecular weight is 226 g/mol. The molecule has 0 aliphatic heterocycles. The van der Waals surface area contributed by atoms with Crippen molar-refractivity contribution in [3.63, 3.8) is 0 Å². The molecule has 2 heteroatoms. The zero-order valence-electron chi connectivity index (χ0n) is 11.8. The summed E-state index contributed by atoms with van der Waals surface area (Å²) < 4.78 is 0. The van der Waals surface area contributed by atoms with Crippen LogP contribution < -0.4 is 5.32 Å². The van der Waals surface area contributed by atoms with Gasteiger partial charge >= 0.3 is 0 Å². The van der Waals surface area contributed by atoms with Gasteiger partial charge in [-0.05, 0) is 44.2 Å². The Hall–Kier alpha value is -0.0800. The molecule has 1 aliphatic carbocycles. The smallest absolute Gasteiger partial charge is 0.0104 e. The molecule has 1 N–H and O–H groups in total. The minimum absolute atomic E-state index is 0.567. The van der Waals surface area contributed by atoms with Gasteiger partial charge < -0.3 is 10.2 Å². The minimum Gasteiger partial charge on any atom is -0.312 e. The summed E-state index contributed by atoms with van der Waals surface area (Å²) in [5.74, 6) is 0.829. The van der Waals surface area contributed by atoms with Gasteiger partial charge in [-0.15, -0.1) is 0 Å². The van der Waals surface area contributed by atoms with E-state index in [1.165, 1.54) is 25.8 Å². The second-order valence-corrected chi connectivity index (χ2v) is 6.34. The Labute approximate surface area is 102 Å². The van der Waals surface area contributed by atoms with Gasteiger partial charge in [0.15, 0.2) is 0 Å². The van der Waals surface area contributed by atoms with E-state index in [2.05, 4.69) is 45.0 Å². The summed E-state index contributed by atoms with van der Waals surface area (Å²) in [5.41, 5.74) is 0.567. The maximum absolute atomic E-state index is 3.73. The van der Waals surface area contributed by atoms with Crippen molar-refractivity contribution in [3.05, 3.63) is 0 Å². The van der Waals surface area contributed by atoms with Crippen LogP contribution in [0, 0.1) is 11.3 Å². The average Bonchev–Trinajstić information content (AvgIpc) is 2.20. The first-order chi connectivity index (χ1) is 7.44. The first-order valence-corrected chi connectivity index (χ1v) is 6.86. The third kappa shape index (κ3) is 4.42. The number of nitrogens with one attached hydrogen (secondary N) is 1. The molecule has 96 valence electrons. The molecule has 0 bridgehead atoms. The van der Waals surface area contributed by atoms with E-state index in [0.717, 1.165) is 25.0 Å². The first-order valence-electron chi connectivity index (χ1n) is 6.86. The molecule has 0 aromatic rings. The van der Waals surface area contributed by atoms with Gasteiger partial charge in [0.05, 0.1) is 0 Å². The molecule has 0 spiro atoms. The van der Waals surface area contributed by atoms with Gasteiger partial charge in [0, 0.05) is 19.1 Å². The molecule has 1 saturated carbocycles. The highest BCUT2D eigenvalue weighted by molar-refractivity contribution is 4.86. The third-order valence-corrected chi connectivity index (χ3v) is 4.13. The summed E-state index contributed by atoms with van der Waals surface area (Å²) in [6.45, 7) is 12.9. The van der Waals surface area contributed by atoms with Gasteiger partial charge in [0.1, 0.15) is 0 Å². The molecule has 1 fully saturated rings. The highest BCUT2D eigenvalue weighted by Crippen LogP contribution is 2.38. The van der Waals surface area contributed by atoms with Crippen molar-refractivity contribution in [2.45, 2.75) is 53.0 Å². The van der Waals surface area contributed by atoms with Crippen LogP contribution in [-0.4, -0.2) is 37.6 Å². The van der Waals surface area contributed by atoms with Gasteiger partial charge in [0.25, 0.3) is 0 Å². The van der Waals surface area contributed by atoms with Crippen LogP contribution in [0.25, 0.3) is 0 Å². The number of hydrogen-bond acceptors (Lipinski definition) is 2. The van der Waals surface area contributed by atoms with Crippen LogP contribution in [0.1, 0.15) is 47.0 Å². The van der Waals surface area contributed by atoms with E-state index < -0.39 is 0 Å². The van der Waals surface area contributed by atoms with Crippen molar-refractivity contribution in [2.24, 2.45) is 11.3 Å². The molecule has 0 aromatic carbocycles. The molecule has 0 aromatic heterocycles. The van der Waals surface area contributed by atoms with Crippen LogP contribution in [0.15, 0.2) is 0 Å². The van der Waals surface area contributed by atoms with Crippen molar-refractivity contribution in [1.82, 2.24) is 10.2 Å². The lowest BCUT2D eigenvalue weighted by molar-refractivity contribution is 0.147. The Bertz CT molecular complexity index is 201. The van der Waals surface area contributed by atoms with Crippen molar-refractivity contribution in [2.75, 3.05) is 26.7 Å². The standard InChI is InChI=1S/C14H30N2/c1-6-16(5)10-9-15-13-7-8-14(3,4)11-12(13)2/h12-13,15H,6-11H2,1-5H3. The molecule has 2 unspecified atom stereocenters. The highest BCUT2D eigenvalue weighted by atomic mass is 15.1. The van der Waals surface area contributed by atoms with Crippen molar-refractivity contribution >= 4 is 0 Å². The molecule has 16 heavy (non-hydrogen) atoms. The fraction of sp³-hybridized carbons (Fsp3) is 1.00. The van der Waals surface area contributed by atoms with Crippen LogP contribution in [0.5, 0.6) is 0 Å². The third-order valence-electron chi connectivity index (χ3n) is 4.13. The Morgan fingerprint density at radius 3 is 2.62 bits per heavy atom. The highest BCUT2D eigenvalue weighted by Gasteiger charge is 2.31. The second kappa shape index (κ2) is 6.02. The van der Waals surface area contributed by atoms with E-state index in [1.807, 2.05) is 0 Å². The number of hydrogen-bond donors (Lipinski definition) is 1. The summed E-state index contributed by atoms with van der Waals surface area (Å²) in [4.78, 5) is 2.37. The maximum Gasteiger partial charge on any atom is 0.0104 e. The first kappa shape index (κ1) is 14.0. The maximum atomic E-state index is 3.73. The quantitative estimate of drug-likeness (QED) is 0.775. The van der Waals surface area contributed by atoms with Crippen LogP contribution in [-0.2, 0) is 0 Å². The van der Waals surface area contributed by atoms with Gasteiger partial charge in [-0.25, -0.2) is 0 Å². The summed E-state index contributed by atoms with van der Waals surface area (Å²) in [6.07, 6.45) is 4.09. The van der Waals surface area contributed by atoms with E-state index in [9.17, 15) is 0 Å². The molecular weight excluding hydrogens is 196 g/mol. The fourth-order valence-electron chi connectivity index (χ4n) is 2.85. The predicted octanol–water partition coefficient (Wildman–Crippen LogP) is 2.74. The molecule has 1 rings (SSSR count). The lowest BCUT2D eigenvalue weighted by atomic mass is 9.70. The summed E-state index contributed by atoms with van der Waals surface area (Å²) in [7, 11) is 2.19. The molecule has 2 nitrogen and oxygen atoms in total. The fourth-order valence-corrected chi connectivity index (χ4v) is 2.85. The van der Waals surface area contributed by atoms with Gasteiger partial charge in [-0.3, -0.25) is 0 Å². The van der Waals surface area contributed by atoms with Crippen LogP contribution in [0.2, 0.25) is 0 Å². The van der Waals surface area contributed by atoms with E-state index in [0.29, 0.717) is 5.41 Å². The number of rotatable bonds is 5. The van der Waals surface area contributed by atoms with E-state index in [1.54, 1.807) is 0 Å². The lowest BCUT2D eigenvalue weighted by Crippen LogP contribution is -2.44. The molecule has 1 aliphatic rings. The van der Waals surface area contributed by atoms with Crippen LogP contribution >= 0.6 is 0 Å². The van der Waals surface area contributed by atoms with Crippen LogP contribution in [0.3, 0.4) is 0 Å². The Balaban J connectivity index is 2.23. The summed E-state index contributed by atoms with van der Waals surface area (Å²) in [5, 5.41) is 3.73. The summed E-state index contributed by atoms with van der Waals surface area (Å²) >= 11 is 0. The minimum atomic E-state index is 0.567. The zero-order valence-corrected chi connectivity index (χ0v) is 11.8. The van der Waals surface area contributed by atoms with E-state index in [4.69, 9.17) is 0 Å². The predicted molar refractivity (Wildman–Crippen MR) is 71.8 cm³/mol. The molecule has 0 heterocycles. The Kier molecular flexibility index (Phi) is 5.26. The largest absolute Gasteiger partial charge is 0.312 e. The molecule has 0 amide bonds. The van der Waals surface area contributed by atoms with Crippen LogP contribution in [0.4, 0.5) is 0 Å². The van der Waals surface area contributed by atoms with E-state index >= 15 is 0 Å². The Morgan fingerprint density at radius 1 is 1.38 bits per heavy atom. The van der Waals surface area contributed by atoms with Gasteiger partial charge in [-0.1, -0.05) is 27.7 Å². The SMILES string of the molecule is CCN(C)CCNC1CCC(C)(C)CC1C. The number of likely N-dealkylation sites (N-methyl/N-ethyl adjacent to an activating group) is 1. The number of nitrogens with zero attached hydrogens (tertiary/aromatic N) is 1. The zero-order chi connectivity index (χ0) is 12.2. The topological polar surface area (TPSA) is 15.3 Å². The van der Waals surface area contributed by atoms with Gasteiger partial charge in [-0.2, -0.15) is 0 Å². The normalized spacial score (nSPS) is 29.6. The molecule has 0 radical (unpaired) electrons. The van der Waals surface area contributed by atoms with Crippen molar-refractivity contribution < 1.29 is 0 Å². The van der Waals surface area contributed by atoms with Crippen molar-refractivity contribution in [3.8, 4) is 0 Å². The van der Waals surface area contributed by atoms with Crippen molar-refractivity contribution in [1.29, 1.82) is 0 Å². The summed E-state index contributed by atoms with van der Waals surface area (Å²) in [6, 6.07) is 0.748.